The number of nitro groups is 1. The summed E-state index contributed by atoms with van der Waals surface area (Å²) < 4.78 is 5.01. The molecule has 1 aromatic rings. The zero-order valence-corrected chi connectivity index (χ0v) is 13.0. The number of ether oxygens (including phenoxy) is 1. The predicted octanol–water partition coefficient (Wildman–Crippen LogP) is 1.62. The number of nitrogens with two attached hydrogens (primary N) is 1. The Balaban J connectivity index is 3.04. The Bertz CT molecular complexity index is 661. The molecule has 0 aliphatic carbocycles. The number of nitro benzene ring substituents is 1. The van der Waals surface area contributed by atoms with Gasteiger partial charge in [-0.3, -0.25) is 20.2 Å². The van der Waals surface area contributed by atoms with Gasteiger partial charge in [0, 0.05) is 12.1 Å². The summed E-state index contributed by atoms with van der Waals surface area (Å²) in [4.78, 5) is 44.7. The molecule has 3 amide bonds. The van der Waals surface area contributed by atoms with Crippen molar-refractivity contribution in [3.05, 3.63) is 38.9 Å². The number of nitrogens with zero attached hydrogens (tertiary/aromatic N) is 1. The molecule has 1 atom stereocenters. The summed E-state index contributed by atoms with van der Waals surface area (Å²) in [6.45, 7) is 3.15. The van der Waals surface area contributed by atoms with Crippen molar-refractivity contribution in [3.8, 4) is 0 Å². The normalized spacial score (nSPS) is 11.7. The van der Waals surface area contributed by atoms with E-state index >= 15 is 0 Å². The van der Waals surface area contributed by atoms with E-state index < -0.39 is 34.9 Å². The first-order chi connectivity index (χ1) is 10.6. The van der Waals surface area contributed by atoms with E-state index in [1.54, 1.807) is 19.2 Å². The van der Waals surface area contributed by atoms with Crippen molar-refractivity contribution >= 4 is 35.2 Å². The molecule has 1 rings (SSSR count). The van der Waals surface area contributed by atoms with E-state index in [0.717, 1.165) is 12.1 Å². The molecular weight excluding hydrogens is 330 g/mol. The maximum atomic E-state index is 12.1. The minimum atomic E-state index is -1.31. The van der Waals surface area contributed by atoms with Crippen LogP contribution in [0.4, 0.5) is 10.5 Å². The Morgan fingerprint density at radius 1 is 1.35 bits per heavy atom. The van der Waals surface area contributed by atoms with Crippen molar-refractivity contribution in [1.29, 1.82) is 0 Å². The number of esters is 1. The molecule has 0 heterocycles. The number of rotatable bonds is 5. The first-order valence-electron chi connectivity index (χ1n) is 6.38. The highest BCUT2D eigenvalue weighted by molar-refractivity contribution is 6.33. The average molecular weight is 344 g/mol. The lowest BCUT2D eigenvalue weighted by Crippen LogP contribution is -2.45. The van der Waals surface area contributed by atoms with E-state index in [4.69, 9.17) is 22.1 Å². The van der Waals surface area contributed by atoms with E-state index in [0.29, 0.717) is 0 Å². The third kappa shape index (κ3) is 4.92. The molecule has 0 radical (unpaired) electrons. The van der Waals surface area contributed by atoms with Gasteiger partial charge in [0.15, 0.2) is 6.10 Å². The van der Waals surface area contributed by atoms with Gasteiger partial charge in [-0.1, -0.05) is 25.4 Å². The van der Waals surface area contributed by atoms with Crippen LogP contribution in [0, 0.1) is 16.0 Å². The number of amides is 3. The van der Waals surface area contributed by atoms with Crippen LogP contribution in [0.15, 0.2) is 18.2 Å². The highest BCUT2D eigenvalue weighted by Gasteiger charge is 2.29. The fourth-order valence-corrected chi connectivity index (χ4v) is 1.84. The quantitative estimate of drug-likeness (QED) is 0.472. The largest absolute Gasteiger partial charge is 0.448 e. The van der Waals surface area contributed by atoms with Gasteiger partial charge in [-0.15, -0.1) is 0 Å². The maximum absolute atomic E-state index is 12.1. The minimum absolute atomic E-state index is 0.0709. The van der Waals surface area contributed by atoms with E-state index in [1.807, 2.05) is 0 Å². The monoisotopic (exact) mass is 343 g/mol. The van der Waals surface area contributed by atoms with Gasteiger partial charge in [-0.05, 0) is 12.0 Å². The Morgan fingerprint density at radius 2 is 1.96 bits per heavy atom. The van der Waals surface area contributed by atoms with E-state index in [-0.39, 0.29) is 16.3 Å². The molecule has 0 fully saturated rings. The number of hydrogen-bond acceptors (Lipinski definition) is 6. The molecule has 0 aliphatic rings. The zero-order valence-electron chi connectivity index (χ0n) is 12.2. The lowest BCUT2D eigenvalue weighted by Gasteiger charge is -2.20. The third-order valence-electron chi connectivity index (χ3n) is 2.72. The standard InChI is InChI=1S/C13H14ClN3O6/c1-6(2)10(11(18)16-13(15)20)23-12(19)8-5-7(17(21)22)3-4-9(8)14/h3-6,10H,1-2H3,(H3,15,16,18,20)/t10-/m1/s1. The van der Waals surface area contributed by atoms with Gasteiger partial charge in [-0.25, -0.2) is 9.59 Å². The lowest BCUT2D eigenvalue weighted by molar-refractivity contribution is -0.384. The Kier molecular flexibility index (Phi) is 6.02. The number of carbonyl (C=O) groups is 3. The molecule has 124 valence electrons. The highest BCUT2D eigenvalue weighted by atomic mass is 35.5. The SMILES string of the molecule is CC(C)[C@@H](OC(=O)c1cc([N+](=O)[O-])ccc1Cl)C(=O)NC(N)=O. The van der Waals surface area contributed by atoms with Crippen LogP contribution in [0.2, 0.25) is 5.02 Å². The summed E-state index contributed by atoms with van der Waals surface area (Å²) in [6, 6.07) is 2.14. The van der Waals surface area contributed by atoms with Gasteiger partial charge in [0.25, 0.3) is 11.6 Å². The molecule has 0 unspecified atom stereocenters. The molecule has 0 aromatic heterocycles. The highest BCUT2D eigenvalue weighted by Crippen LogP contribution is 2.24. The second kappa shape index (κ2) is 7.54. The van der Waals surface area contributed by atoms with Crippen LogP contribution in [0.1, 0.15) is 24.2 Å². The second-order valence-corrected chi connectivity index (χ2v) is 5.25. The van der Waals surface area contributed by atoms with Gasteiger partial charge < -0.3 is 10.5 Å². The van der Waals surface area contributed by atoms with E-state index in [1.165, 1.54) is 6.07 Å². The van der Waals surface area contributed by atoms with Crippen LogP contribution < -0.4 is 11.1 Å². The summed E-state index contributed by atoms with van der Waals surface area (Å²) in [5.74, 6) is -2.41. The van der Waals surface area contributed by atoms with Crippen LogP contribution in [-0.2, 0) is 9.53 Å². The molecule has 0 aliphatic heterocycles. The molecule has 0 bridgehead atoms. The molecule has 9 nitrogen and oxygen atoms in total. The first-order valence-corrected chi connectivity index (χ1v) is 6.76. The van der Waals surface area contributed by atoms with Gasteiger partial charge in [0.1, 0.15) is 0 Å². The molecule has 10 heteroatoms. The van der Waals surface area contributed by atoms with Crippen LogP contribution in [0.3, 0.4) is 0 Å². The number of nitrogens with one attached hydrogen (secondary N) is 1. The van der Waals surface area contributed by atoms with Gasteiger partial charge in [0.2, 0.25) is 0 Å². The topological polar surface area (TPSA) is 142 Å². The average Bonchev–Trinajstić information content (AvgIpc) is 2.43. The number of hydrogen-bond donors (Lipinski definition) is 2. The van der Waals surface area contributed by atoms with Crippen LogP contribution >= 0.6 is 11.6 Å². The molecule has 0 spiro atoms. The van der Waals surface area contributed by atoms with Gasteiger partial charge in [0.05, 0.1) is 15.5 Å². The van der Waals surface area contributed by atoms with Crippen molar-refractivity contribution in [2.75, 3.05) is 0 Å². The lowest BCUT2D eigenvalue weighted by atomic mass is 10.1. The molecule has 0 saturated heterocycles. The molecule has 0 saturated carbocycles. The number of primary amides is 1. The molecule has 23 heavy (non-hydrogen) atoms. The molecular formula is C13H14ClN3O6. The van der Waals surface area contributed by atoms with Crippen molar-refractivity contribution in [2.45, 2.75) is 20.0 Å². The molecule has 3 N–H and O–H groups in total. The minimum Gasteiger partial charge on any atom is -0.448 e. The summed E-state index contributed by atoms with van der Waals surface area (Å²) in [5.41, 5.74) is 4.22. The predicted molar refractivity (Wildman–Crippen MR) is 79.9 cm³/mol. The van der Waals surface area contributed by atoms with Crippen molar-refractivity contribution in [2.24, 2.45) is 11.7 Å². The van der Waals surface area contributed by atoms with Crippen LogP contribution in [0.25, 0.3) is 0 Å². The van der Waals surface area contributed by atoms with Gasteiger partial charge in [-0.2, -0.15) is 0 Å². The summed E-state index contributed by atoms with van der Waals surface area (Å²) >= 11 is 5.82. The van der Waals surface area contributed by atoms with Crippen LogP contribution in [0.5, 0.6) is 0 Å². The number of benzene rings is 1. The fraction of sp³-hybridized carbons (Fsp3) is 0.308. The summed E-state index contributed by atoms with van der Waals surface area (Å²) in [7, 11) is 0. The number of imide groups is 1. The smallest absolute Gasteiger partial charge is 0.340 e. The number of urea groups is 1. The Hall–Kier alpha value is -2.68. The van der Waals surface area contributed by atoms with Gasteiger partial charge >= 0.3 is 12.0 Å². The van der Waals surface area contributed by atoms with E-state index in [9.17, 15) is 24.5 Å². The maximum Gasteiger partial charge on any atom is 0.340 e. The molecule has 1 aromatic carbocycles. The third-order valence-corrected chi connectivity index (χ3v) is 3.05. The number of non-ortho nitro benzene ring substituents is 1. The van der Waals surface area contributed by atoms with Crippen molar-refractivity contribution < 1.29 is 24.0 Å². The Morgan fingerprint density at radius 3 is 2.43 bits per heavy atom. The van der Waals surface area contributed by atoms with Crippen LogP contribution in [-0.4, -0.2) is 28.9 Å². The summed E-state index contributed by atoms with van der Waals surface area (Å²) in [6.07, 6.45) is -1.31. The summed E-state index contributed by atoms with van der Waals surface area (Å²) in [5, 5.41) is 12.5. The van der Waals surface area contributed by atoms with Crippen molar-refractivity contribution in [3.63, 3.8) is 0 Å². The number of halogens is 1. The fourth-order valence-electron chi connectivity index (χ4n) is 1.65. The van der Waals surface area contributed by atoms with E-state index in [2.05, 4.69) is 0 Å². The second-order valence-electron chi connectivity index (χ2n) is 4.84. The first kappa shape index (κ1) is 18.4. The zero-order chi connectivity index (χ0) is 17.7. The Labute approximate surface area is 135 Å². The number of carbonyl (C=O) groups excluding carboxylic acids is 3. The van der Waals surface area contributed by atoms with Crippen molar-refractivity contribution in [1.82, 2.24) is 5.32 Å².